The van der Waals surface area contributed by atoms with Crippen molar-refractivity contribution < 1.29 is 27.5 Å². The van der Waals surface area contributed by atoms with Gasteiger partial charge in [-0.1, -0.05) is 24.3 Å². The third kappa shape index (κ3) is 3.77. The highest BCUT2D eigenvalue weighted by Crippen LogP contribution is 2.40. The van der Waals surface area contributed by atoms with E-state index in [9.17, 15) is 22.8 Å². The Morgan fingerprint density at radius 2 is 1.73 bits per heavy atom. The number of hydrogen-bond donors (Lipinski definition) is 1. The number of carbonyl (C=O) groups is 2. The van der Waals surface area contributed by atoms with Crippen LogP contribution in [0.15, 0.2) is 53.4 Å². The van der Waals surface area contributed by atoms with Crippen molar-refractivity contribution in [2.75, 3.05) is 10.6 Å². The van der Waals surface area contributed by atoms with E-state index in [0.29, 0.717) is 10.6 Å². The average Bonchev–Trinajstić information content (AvgIpc) is 2.83. The molecule has 0 aliphatic carbocycles. The zero-order valence-electron chi connectivity index (χ0n) is 13.2. The Morgan fingerprint density at radius 3 is 2.42 bits per heavy atom. The Bertz CT molecular complexity index is 857. The highest BCUT2D eigenvalue weighted by Gasteiger charge is 2.42. The summed E-state index contributed by atoms with van der Waals surface area (Å²) >= 11 is 1.11. The molecule has 1 atom stereocenters. The molecule has 2 N–H and O–H groups in total. The van der Waals surface area contributed by atoms with Gasteiger partial charge in [0.2, 0.25) is 11.8 Å². The number of para-hydroxylation sites is 3. The highest BCUT2D eigenvalue weighted by molar-refractivity contribution is 8.00. The van der Waals surface area contributed by atoms with E-state index in [-0.39, 0.29) is 12.1 Å². The van der Waals surface area contributed by atoms with Gasteiger partial charge in [0.1, 0.15) is 0 Å². The second-order valence-corrected chi connectivity index (χ2v) is 6.68. The predicted molar refractivity (Wildman–Crippen MR) is 90.7 cm³/mol. The number of nitrogens with two attached hydrogens (primary N) is 1. The minimum atomic E-state index is -4.94. The van der Waals surface area contributed by atoms with Crippen LogP contribution in [0.4, 0.5) is 24.5 Å². The maximum atomic E-state index is 12.7. The third-order valence-electron chi connectivity index (χ3n) is 3.63. The molecule has 1 aliphatic heterocycles. The maximum Gasteiger partial charge on any atom is 0.573 e. The molecule has 0 saturated carbocycles. The van der Waals surface area contributed by atoms with E-state index in [1.54, 1.807) is 24.3 Å². The molecule has 1 fully saturated rings. The van der Waals surface area contributed by atoms with Crippen LogP contribution in [0.2, 0.25) is 0 Å². The minimum absolute atomic E-state index is 0.141. The first-order valence-electron chi connectivity index (χ1n) is 7.49. The van der Waals surface area contributed by atoms with E-state index in [2.05, 4.69) is 4.74 Å². The number of benzene rings is 2. The molecule has 2 aromatic rings. The summed E-state index contributed by atoms with van der Waals surface area (Å²) in [6.45, 7) is 0. The SMILES string of the molecule is Nc1ccccc1S[C@H]1CC(=O)N(c2ccccc2OC(F)(F)F)C1=O. The fourth-order valence-corrected chi connectivity index (χ4v) is 3.64. The van der Waals surface area contributed by atoms with E-state index >= 15 is 0 Å². The van der Waals surface area contributed by atoms with Crippen molar-refractivity contribution in [1.82, 2.24) is 0 Å². The Labute approximate surface area is 150 Å². The topological polar surface area (TPSA) is 72.6 Å². The normalized spacial score (nSPS) is 17.7. The van der Waals surface area contributed by atoms with Gasteiger partial charge in [0.05, 0.1) is 10.9 Å². The quantitative estimate of drug-likeness (QED) is 0.646. The highest BCUT2D eigenvalue weighted by atomic mass is 32.2. The molecule has 9 heteroatoms. The zero-order valence-corrected chi connectivity index (χ0v) is 14.0. The number of alkyl halides is 3. The van der Waals surface area contributed by atoms with Crippen LogP contribution < -0.4 is 15.4 Å². The van der Waals surface area contributed by atoms with Gasteiger partial charge < -0.3 is 10.5 Å². The fraction of sp³-hybridized carbons (Fsp3) is 0.176. The molecular formula is C17H13F3N2O3S. The number of hydrogen-bond acceptors (Lipinski definition) is 5. The third-order valence-corrected chi connectivity index (χ3v) is 4.90. The number of carbonyl (C=O) groups excluding carboxylic acids is 2. The molecule has 0 bridgehead atoms. The van der Waals surface area contributed by atoms with E-state index in [4.69, 9.17) is 5.73 Å². The van der Waals surface area contributed by atoms with Gasteiger partial charge >= 0.3 is 6.36 Å². The lowest BCUT2D eigenvalue weighted by atomic mass is 10.2. The van der Waals surface area contributed by atoms with E-state index in [1.165, 1.54) is 18.2 Å². The summed E-state index contributed by atoms with van der Waals surface area (Å²) in [6, 6.07) is 11.9. The summed E-state index contributed by atoms with van der Waals surface area (Å²) in [5.41, 5.74) is 6.07. The summed E-state index contributed by atoms with van der Waals surface area (Å²) in [5.74, 6) is -1.81. The lowest BCUT2D eigenvalue weighted by Gasteiger charge is -2.19. The number of rotatable bonds is 4. The van der Waals surface area contributed by atoms with Gasteiger partial charge in [-0.3, -0.25) is 9.59 Å². The van der Waals surface area contributed by atoms with E-state index in [1.807, 2.05) is 0 Å². The number of nitrogen functional groups attached to an aromatic ring is 1. The summed E-state index contributed by atoms with van der Waals surface area (Å²) in [5, 5.41) is -0.772. The summed E-state index contributed by atoms with van der Waals surface area (Å²) in [4.78, 5) is 26.3. The van der Waals surface area contributed by atoms with Crippen molar-refractivity contribution in [3.8, 4) is 5.75 Å². The molecule has 1 saturated heterocycles. The molecule has 2 amide bonds. The number of thioether (sulfide) groups is 1. The number of amides is 2. The maximum absolute atomic E-state index is 12.7. The summed E-state index contributed by atoms with van der Waals surface area (Å²) < 4.78 is 41.7. The van der Waals surface area contributed by atoms with Crippen molar-refractivity contribution in [1.29, 1.82) is 0 Å². The standard InChI is InChI=1S/C17H13F3N2O3S/c18-17(19,20)25-12-7-3-2-6-11(12)22-15(23)9-14(16(22)24)26-13-8-4-1-5-10(13)21/h1-8,14H,9,21H2/t14-/m0/s1. The molecule has 1 heterocycles. The second-order valence-electron chi connectivity index (χ2n) is 5.43. The number of imide groups is 1. The molecule has 0 unspecified atom stereocenters. The molecule has 5 nitrogen and oxygen atoms in total. The molecule has 136 valence electrons. The molecule has 1 aliphatic rings. The van der Waals surface area contributed by atoms with Crippen LogP contribution in [0.25, 0.3) is 0 Å². The molecule has 0 radical (unpaired) electrons. The predicted octanol–water partition coefficient (Wildman–Crippen LogP) is 3.59. The van der Waals surface area contributed by atoms with E-state index in [0.717, 1.165) is 22.7 Å². The molecule has 26 heavy (non-hydrogen) atoms. The van der Waals surface area contributed by atoms with Gasteiger partial charge in [-0.2, -0.15) is 0 Å². The van der Waals surface area contributed by atoms with Crippen LogP contribution in [0.3, 0.4) is 0 Å². The van der Waals surface area contributed by atoms with Gasteiger partial charge in [0.15, 0.2) is 5.75 Å². The van der Waals surface area contributed by atoms with Crippen molar-refractivity contribution >= 4 is 35.0 Å². The summed E-state index contributed by atoms with van der Waals surface area (Å²) in [6.07, 6.45) is -5.08. The zero-order chi connectivity index (χ0) is 18.9. The first kappa shape index (κ1) is 18.1. The van der Waals surface area contributed by atoms with Crippen LogP contribution in [0, 0.1) is 0 Å². The van der Waals surface area contributed by atoms with Gasteiger partial charge in [0, 0.05) is 17.0 Å². The molecule has 3 rings (SSSR count). The number of nitrogens with zero attached hydrogens (tertiary/aromatic N) is 1. The van der Waals surface area contributed by atoms with Gasteiger partial charge in [-0.15, -0.1) is 24.9 Å². The number of anilines is 2. The Balaban J connectivity index is 1.87. The lowest BCUT2D eigenvalue weighted by molar-refractivity contribution is -0.274. The van der Waals surface area contributed by atoms with Gasteiger partial charge in [-0.25, -0.2) is 4.90 Å². The van der Waals surface area contributed by atoms with Crippen molar-refractivity contribution in [2.24, 2.45) is 0 Å². The second kappa shape index (κ2) is 6.91. The molecule has 2 aromatic carbocycles. The monoisotopic (exact) mass is 382 g/mol. The molecule has 0 aromatic heterocycles. The van der Waals surface area contributed by atoms with Gasteiger partial charge in [-0.05, 0) is 24.3 Å². The molecule has 0 spiro atoms. The van der Waals surface area contributed by atoms with Crippen molar-refractivity contribution in [3.63, 3.8) is 0 Å². The lowest BCUT2D eigenvalue weighted by Crippen LogP contribution is -2.32. The first-order valence-corrected chi connectivity index (χ1v) is 8.37. The van der Waals surface area contributed by atoms with Crippen LogP contribution in [0.1, 0.15) is 6.42 Å². The Morgan fingerprint density at radius 1 is 1.08 bits per heavy atom. The number of halogens is 3. The van der Waals surface area contributed by atoms with Crippen molar-refractivity contribution in [3.05, 3.63) is 48.5 Å². The van der Waals surface area contributed by atoms with Gasteiger partial charge in [0.25, 0.3) is 0 Å². The largest absolute Gasteiger partial charge is 0.573 e. The van der Waals surface area contributed by atoms with Crippen LogP contribution in [0.5, 0.6) is 5.75 Å². The fourth-order valence-electron chi connectivity index (χ4n) is 2.54. The number of ether oxygens (including phenoxy) is 1. The van der Waals surface area contributed by atoms with Crippen LogP contribution in [-0.2, 0) is 9.59 Å². The van der Waals surface area contributed by atoms with Crippen LogP contribution in [-0.4, -0.2) is 23.4 Å². The molecular weight excluding hydrogens is 369 g/mol. The Hall–Kier alpha value is -2.68. The van der Waals surface area contributed by atoms with Crippen LogP contribution >= 0.6 is 11.8 Å². The van der Waals surface area contributed by atoms with E-state index < -0.39 is 29.2 Å². The summed E-state index contributed by atoms with van der Waals surface area (Å²) in [7, 11) is 0. The van der Waals surface area contributed by atoms with Crippen molar-refractivity contribution in [2.45, 2.75) is 22.9 Å². The minimum Gasteiger partial charge on any atom is -0.404 e. The Kier molecular flexibility index (Phi) is 4.82. The smallest absolute Gasteiger partial charge is 0.404 e. The first-order chi connectivity index (χ1) is 12.3. The average molecular weight is 382 g/mol.